The van der Waals surface area contributed by atoms with Gasteiger partial charge in [0.1, 0.15) is 11.6 Å². The maximum Gasteiger partial charge on any atom is 0.206 e. The molecule has 0 bridgehead atoms. The van der Waals surface area contributed by atoms with Gasteiger partial charge in [0.05, 0.1) is 17.9 Å². The number of rotatable bonds is 4. The summed E-state index contributed by atoms with van der Waals surface area (Å²) < 4.78 is 0. The van der Waals surface area contributed by atoms with Gasteiger partial charge in [-0.2, -0.15) is 0 Å². The van der Waals surface area contributed by atoms with Crippen LogP contribution in [0.25, 0.3) is 11.3 Å². The first-order valence-corrected chi connectivity index (χ1v) is 13.4. The number of hydrogen-bond donors (Lipinski definition) is 2. The molecular weight excluding hydrogens is 476 g/mol. The number of nitrogen functional groups attached to an aromatic ring is 1. The van der Waals surface area contributed by atoms with Crippen LogP contribution in [0, 0.1) is 11.8 Å². The van der Waals surface area contributed by atoms with E-state index in [4.69, 9.17) is 10.7 Å². The Morgan fingerprint density at radius 2 is 1.76 bits per heavy atom. The van der Waals surface area contributed by atoms with Gasteiger partial charge in [-0.15, -0.1) is 10.2 Å². The first-order chi connectivity index (χ1) is 18.4. The largest absolute Gasteiger partial charge is 0.507 e. The SMILES string of the molecule is C[C@@H]1CCN(c2cc(-c3ccccc3O)nnc2N)CCN1c1ccnc(C#CCN2[C@H](C)CC[C@@H]2C)n1. The fourth-order valence-electron chi connectivity index (χ4n) is 5.45. The number of para-hydroxylation sites is 1. The van der Waals surface area contributed by atoms with E-state index in [9.17, 15) is 5.11 Å². The van der Waals surface area contributed by atoms with Crippen LogP contribution in [-0.4, -0.2) is 74.5 Å². The summed E-state index contributed by atoms with van der Waals surface area (Å²) in [4.78, 5) is 16.2. The lowest BCUT2D eigenvalue weighted by atomic mass is 10.1. The Morgan fingerprint density at radius 1 is 0.974 bits per heavy atom. The number of benzene rings is 1. The Hall–Kier alpha value is -3.90. The zero-order chi connectivity index (χ0) is 26.6. The Bertz CT molecular complexity index is 1330. The Morgan fingerprint density at radius 3 is 2.55 bits per heavy atom. The quantitative estimate of drug-likeness (QED) is 0.508. The lowest BCUT2D eigenvalue weighted by Gasteiger charge is -2.28. The third-order valence-corrected chi connectivity index (χ3v) is 7.81. The lowest BCUT2D eigenvalue weighted by Crippen LogP contribution is -2.35. The third-order valence-electron chi connectivity index (χ3n) is 7.81. The van der Waals surface area contributed by atoms with E-state index in [1.165, 1.54) is 12.8 Å². The minimum absolute atomic E-state index is 0.167. The highest BCUT2D eigenvalue weighted by molar-refractivity contribution is 5.74. The number of likely N-dealkylation sites (tertiary alicyclic amines) is 1. The van der Waals surface area contributed by atoms with Crippen molar-refractivity contribution in [3.8, 4) is 28.8 Å². The molecule has 0 radical (unpaired) electrons. The first-order valence-electron chi connectivity index (χ1n) is 13.4. The zero-order valence-electron chi connectivity index (χ0n) is 22.4. The maximum atomic E-state index is 10.3. The molecule has 3 aromatic rings. The summed E-state index contributed by atoms with van der Waals surface area (Å²) >= 11 is 0. The highest BCUT2D eigenvalue weighted by Crippen LogP contribution is 2.32. The number of nitrogens with zero attached hydrogens (tertiary/aromatic N) is 7. The Balaban J connectivity index is 1.31. The monoisotopic (exact) mass is 512 g/mol. The fraction of sp³-hybridized carbons (Fsp3) is 0.448. The van der Waals surface area contributed by atoms with E-state index in [-0.39, 0.29) is 11.8 Å². The van der Waals surface area contributed by atoms with Crippen molar-refractivity contribution in [3.05, 3.63) is 48.4 Å². The van der Waals surface area contributed by atoms with E-state index >= 15 is 0 Å². The minimum atomic E-state index is 0.167. The lowest BCUT2D eigenvalue weighted by molar-refractivity contribution is 0.243. The molecule has 2 saturated heterocycles. The molecule has 3 N–H and O–H groups in total. The number of hydrogen-bond acceptors (Lipinski definition) is 9. The van der Waals surface area contributed by atoms with Gasteiger partial charge in [-0.25, -0.2) is 9.97 Å². The number of phenolic OH excluding ortho intramolecular Hbond substituents is 1. The van der Waals surface area contributed by atoms with E-state index < -0.39 is 0 Å². The van der Waals surface area contributed by atoms with Crippen molar-refractivity contribution in [2.45, 2.75) is 58.2 Å². The molecule has 0 saturated carbocycles. The van der Waals surface area contributed by atoms with Gasteiger partial charge >= 0.3 is 0 Å². The second-order valence-electron chi connectivity index (χ2n) is 10.3. The van der Waals surface area contributed by atoms with Crippen molar-refractivity contribution >= 4 is 17.3 Å². The molecule has 1 aromatic carbocycles. The smallest absolute Gasteiger partial charge is 0.206 e. The molecule has 0 spiro atoms. The topological polar surface area (TPSA) is 108 Å². The number of anilines is 3. The van der Waals surface area contributed by atoms with E-state index in [0.717, 1.165) is 44.1 Å². The standard InChI is InChI=1S/C29H36N8O/c1-20-10-11-21(2)36(20)15-6-9-27-31-14-12-28(32-27)37-18-17-35(16-13-22(37)3)25-19-24(33-34-29(25)30)23-7-4-5-8-26(23)38/h4-5,7-8,12,14,19-22,38H,10-11,13,15-18H2,1-3H3,(H2,30,34)/t20-,21+,22-/m1/s1. The Kier molecular flexibility index (Phi) is 7.61. The van der Waals surface area contributed by atoms with Crippen molar-refractivity contribution < 1.29 is 5.11 Å². The summed E-state index contributed by atoms with van der Waals surface area (Å²) in [6, 6.07) is 12.4. The van der Waals surface area contributed by atoms with Gasteiger partial charge in [0.2, 0.25) is 5.82 Å². The van der Waals surface area contributed by atoms with Gasteiger partial charge < -0.3 is 20.6 Å². The van der Waals surface area contributed by atoms with Gasteiger partial charge in [-0.05, 0) is 70.2 Å². The van der Waals surface area contributed by atoms with Crippen molar-refractivity contribution in [1.82, 2.24) is 25.1 Å². The van der Waals surface area contributed by atoms with Crippen LogP contribution in [0.3, 0.4) is 0 Å². The van der Waals surface area contributed by atoms with Crippen LogP contribution in [0.4, 0.5) is 17.3 Å². The van der Waals surface area contributed by atoms with Crippen LogP contribution in [-0.2, 0) is 0 Å². The summed E-state index contributed by atoms with van der Waals surface area (Å²) in [5.74, 6) is 8.48. The Labute approximate surface area is 224 Å². The van der Waals surface area contributed by atoms with Crippen LogP contribution in [0.1, 0.15) is 45.9 Å². The molecule has 2 aliphatic rings. The number of nitrogens with two attached hydrogens (primary N) is 1. The first kappa shape index (κ1) is 25.7. The molecule has 2 aromatic heterocycles. The molecule has 2 fully saturated rings. The summed E-state index contributed by atoms with van der Waals surface area (Å²) in [5.41, 5.74) is 8.32. The molecule has 0 aliphatic carbocycles. The maximum absolute atomic E-state index is 10.3. The average molecular weight is 513 g/mol. The van der Waals surface area contributed by atoms with Gasteiger partial charge in [-0.3, -0.25) is 4.90 Å². The molecule has 9 heteroatoms. The van der Waals surface area contributed by atoms with E-state index in [1.807, 2.05) is 24.3 Å². The van der Waals surface area contributed by atoms with Crippen LogP contribution in [0.5, 0.6) is 5.75 Å². The molecule has 3 atom stereocenters. The highest BCUT2D eigenvalue weighted by atomic mass is 16.3. The van der Waals surface area contributed by atoms with Crippen molar-refractivity contribution in [2.24, 2.45) is 0 Å². The van der Waals surface area contributed by atoms with E-state index in [1.54, 1.807) is 18.3 Å². The van der Waals surface area contributed by atoms with Gasteiger partial charge in [0.15, 0.2) is 5.82 Å². The highest BCUT2D eigenvalue weighted by Gasteiger charge is 2.26. The van der Waals surface area contributed by atoms with Gasteiger partial charge in [-0.1, -0.05) is 18.1 Å². The van der Waals surface area contributed by atoms with E-state index in [0.29, 0.717) is 35.0 Å². The molecular formula is C29H36N8O. The molecule has 0 amide bonds. The molecule has 38 heavy (non-hydrogen) atoms. The van der Waals surface area contributed by atoms with Gasteiger partial charge in [0, 0.05) is 49.5 Å². The third kappa shape index (κ3) is 5.50. The number of aromatic nitrogens is 4. The zero-order valence-corrected chi connectivity index (χ0v) is 22.4. The van der Waals surface area contributed by atoms with Crippen LogP contribution < -0.4 is 15.5 Å². The normalized spacial score (nSPS) is 22.1. The predicted molar refractivity (Wildman–Crippen MR) is 151 cm³/mol. The molecule has 2 aliphatic heterocycles. The second kappa shape index (κ2) is 11.2. The molecule has 0 unspecified atom stereocenters. The average Bonchev–Trinajstić information content (AvgIpc) is 3.11. The van der Waals surface area contributed by atoms with E-state index in [2.05, 4.69) is 62.5 Å². The predicted octanol–water partition coefficient (Wildman–Crippen LogP) is 3.55. The minimum Gasteiger partial charge on any atom is -0.507 e. The van der Waals surface area contributed by atoms with Crippen molar-refractivity contribution in [3.63, 3.8) is 0 Å². The molecule has 5 rings (SSSR count). The van der Waals surface area contributed by atoms with Crippen LogP contribution in [0.2, 0.25) is 0 Å². The molecule has 9 nitrogen and oxygen atoms in total. The van der Waals surface area contributed by atoms with Gasteiger partial charge in [0.25, 0.3) is 0 Å². The summed E-state index contributed by atoms with van der Waals surface area (Å²) in [6.45, 7) is 9.84. The summed E-state index contributed by atoms with van der Waals surface area (Å²) in [5, 5.41) is 18.7. The van der Waals surface area contributed by atoms with Crippen LogP contribution in [0.15, 0.2) is 42.6 Å². The number of phenols is 1. The van der Waals surface area contributed by atoms with Crippen LogP contribution >= 0.6 is 0 Å². The molecule has 4 heterocycles. The fourth-order valence-corrected chi connectivity index (χ4v) is 5.45. The summed E-state index contributed by atoms with van der Waals surface area (Å²) in [6.07, 6.45) is 5.18. The molecule has 198 valence electrons. The second-order valence-corrected chi connectivity index (χ2v) is 10.3. The van der Waals surface area contributed by atoms with Crippen molar-refractivity contribution in [1.29, 1.82) is 0 Å². The van der Waals surface area contributed by atoms with Crippen molar-refractivity contribution in [2.75, 3.05) is 41.7 Å². The number of aromatic hydroxyl groups is 1. The summed E-state index contributed by atoms with van der Waals surface area (Å²) in [7, 11) is 0.